The first kappa shape index (κ1) is 33.7. The summed E-state index contributed by atoms with van der Waals surface area (Å²) < 4.78 is 20.9. The summed E-state index contributed by atoms with van der Waals surface area (Å²) in [6.45, 7) is 2.90. The Balaban J connectivity index is 1.14. The minimum absolute atomic E-state index is 0.385. The standard InChI is InChI=1S/C48H37NO3S/c1-34(37-25-27-49-28-26-37)29-47-48(52-42-15-9-4-10-16-42)43-30-44(50-32-35-17-21-40(22-18-35)38-11-5-2-6-12-38)45(31-46(43)53-47)51-33-36-19-23-41(24-20-36)39-13-7-3-8-14-39/h2-31H,32-33H2,1H3/b34-29+. The quantitative estimate of drug-likeness (QED) is 0.127. The highest BCUT2D eigenvalue weighted by molar-refractivity contribution is 7.20. The van der Waals surface area contributed by atoms with Crippen molar-refractivity contribution >= 4 is 33.1 Å². The van der Waals surface area contributed by atoms with Gasteiger partial charge in [0.05, 0.1) is 4.88 Å². The van der Waals surface area contributed by atoms with Gasteiger partial charge in [-0.1, -0.05) is 127 Å². The first-order valence-electron chi connectivity index (χ1n) is 17.6. The fourth-order valence-corrected chi connectivity index (χ4v) is 7.34. The van der Waals surface area contributed by atoms with Crippen LogP contribution in [0.5, 0.6) is 23.0 Å². The zero-order chi connectivity index (χ0) is 35.8. The van der Waals surface area contributed by atoms with Gasteiger partial charge in [-0.05, 0) is 87.8 Å². The predicted molar refractivity (Wildman–Crippen MR) is 219 cm³/mol. The first-order valence-corrected chi connectivity index (χ1v) is 18.4. The van der Waals surface area contributed by atoms with Gasteiger partial charge in [0.2, 0.25) is 0 Å². The smallest absolute Gasteiger partial charge is 0.163 e. The molecular weight excluding hydrogens is 671 g/mol. The summed E-state index contributed by atoms with van der Waals surface area (Å²) in [4.78, 5) is 5.21. The number of thiophene rings is 1. The highest BCUT2D eigenvalue weighted by atomic mass is 32.1. The van der Waals surface area contributed by atoms with Gasteiger partial charge in [-0.2, -0.15) is 0 Å². The number of benzene rings is 6. The Bertz CT molecular complexity index is 2440. The molecule has 53 heavy (non-hydrogen) atoms. The van der Waals surface area contributed by atoms with E-state index >= 15 is 0 Å². The SMILES string of the molecule is C/C(=C\c1sc2cc(OCc3ccc(-c4ccccc4)cc3)c(OCc3ccc(-c4ccccc4)cc3)cc2c1Oc1ccccc1)c1ccncc1. The van der Waals surface area contributed by atoms with Gasteiger partial charge in [-0.25, -0.2) is 0 Å². The summed E-state index contributed by atoms with van der Waals surface area (Å²) in [5.41, 5.74) is 9.07. The summed E-state index contributed by atoms with van der Waals surface area (Å²) in [6, 6.07) is 56.0. The second-order valence-corrected chi connectivity index (χ2v) is 13.9. The van der Waals surface area contributed by atoms with Crippen molar-refractivity contribution in [3.8, 4) is 45.3 Å². The van der Waals surface area contributed by atoms with Gasteiger partial charge in [-0.15, -0.1) is 11.3 Å². The molecule has 8 aromatic rings. The number of para-hydroxylation sites is 1. The zero-order valence-electron chi connectivity index (χ0n) is 29.3. The van der Waals surface area contributed by atoms with Gasteiger partial charge in [0, 0.05) is 28.5 Å². The molecule has 8 rings (SSSR count). The number of rotatable bonds is 12. The van der Waals surface area contributed by atoms with Crippen LogP contribution in [0, 0.1) is 0 Å². The number of pyridine rings is 1. The highest BCUT2D eigenvalue weighted by Crippen LogP contribution is 2.47. The average molecular weight is 708 g/mol. The van der Waals surface area contributed by atoms with Crippen LogP contribution in [-0.4, -0.2) is 4.98 Å². The van der Waals surface area contributed by atoms with E-state index in [4.69, 9.17) is 14.2 Å². The molecule has 0 aliphatic rings. The Hall–Kier alpha value is -6.43. The summed E-state index contributed by atoms with van der Waals surface area (Å²) in [5.74, 6) is 2.88. The van der Waals surface area contributed by atoms with E-state index in [1.165, 1.54) is 22.3 Å². The van der Waals surface area contributed by atoms with Crippen LogP contribution >= 0.6 is 11.3 Å². The lowest BCUT2D eigenvalue weighted by molar-refractivity contribution is 0.256. The van der Waals surface area contributed by atoms with Crippen molar-refractivity contribution in [1.29, 1.82) is 0 Å². The number of fused-ring (bicyclic) bond motifs is 1. The van der Waals surface area contributed by atoms with Gasteiger partial charge >= 0.3 is 0 Å². The molecule has 0 aliphatic carbocycles. The summed E-state index contributed by atoms with van der Waals surface area (Å²) in [6.07, 6.45) is 5.81. The van der Waals surface area contributed by atoms with Gasteiger partial charge in [0.15, 0.2) is 17.2 Å². The maximum absolute atomic E-state index is 6.65. The molecule has 0 saturated carbocycles. The topological polar surface area (TPSA) is 40.6 Å². The van der Waals surface area contributed by atoms with Crippen molar-refractivity contribution < 1.29 is 14.2 Å². The van der Waals surface area contributed by atoms with Crippen LogP contribution in [0.1, 0.15) is 28.5 Å². The predicted octanol–water partition coefficient (Wildman–Crippen LogP) is 13.1. The Labute approximate surface area is 314 Å². The molecule has 0 unspecified atom stereocenters. The molecule has 6 aromatic carbocycles. The number of allylic oxidation sites excluding steroid dienone is 1. The lowest BCUT2D eigenvalue weighted by Crippen LogP contribution is -2.01. The maximum Gasteiger partial charge on any atom is 0.163 e. The van der Waals surface area contributed by atoms with Gasteiger partial charge in [0.25, 0.3) is 0 Å². The lowest BCUT2D eigenvalue weighted by Gasteiger charge is -2.15. The van der Waals surface area contributed by atoms with Crippen LogP contribution in [-0.2, 0) is 13.2 Å². The number of aromatic nitrogens is 1. The van der Waals surface area contributed by atoms with Crippen LogP contribution in [0.4, 0.5) is 0 Å². The van der Waals surface area contributed by atoms with Crippen molar-refractivity contribution in [2.45, 2.75) is 20.1 Å². The van der Waals surface area contributed by atoms with Crippen molar-refractivity contribution in [2.75, 3.05) is 0 Å². The third-order valence-corrected chi connectivity index (χ3v) is 10.2. The largest absolute Gasteiger partial charge is 0.485 e. The van der Waals surface area contributed by atoms with Crippen LogP contribution in [0.3, 0.4) is 0 Å². The van der Waals surface area contributed by atoms with E-state index in [1.807, 2.05) is 67.0 Å². The molecule has 0 saturated heterocycles. The Morgan fingerprint density at radius 1 is 0.566 bits per heavy atom. The van der Waals surface area contributed by atoms with Crippen LogP contribution in [0.25, 0.3) is 44.0 Å². The number of ether oxygens (including phenoxy) is 3. The second-order valence-electron chi connectivity index (χ2n) is 12.8. The molecule has 0 N–H and O–H groups in total. The Morgan fingerprint density at radius 2 is 1.06 bits per heavy atom. The minimum atomic E-state index is 0.385. The first-order chi connectivity index (χ1) is 26.2. The van der Waals surface area contributed by atoms with E-state index in [9.17, 15) is 0 Å². The summed E-state index contributed by atoms with van der Waals surface area (Å²) in [5, 5.41) is 0.960. The van der Waals surface area contributed by atoms with Crippen molar-refractivity contribution in [1.82, 2.24) is 4.98 Å². The van der Waals surface area contributed by atoms with Gasteiger partial charge < -0.3 is 14.2 Å². The molecule has 0 fully saturated rings. The molecule has 258 valence electrons. The fraction of sp³-hybridized carbons (Fsp3) is 0.0625. The molecule has 0 spiro atoms. The van der Waals surface area contributed by atoms with E-state index < -0.39 is 0 Å². The monoisotopic (exact) mass is 707 g/mol. The summed E-state index contributed by atoms with van der Waals surface area (Å²) >= 11 is 1.67. The van der Waals surface area contributed by atoms with Crippen molar-refractivity contribution in [3.05, 3.63) is 198 Å². The van der Waals surface area contributed by atoms with E-state index in [2.05, 4.69) is 127 Å². The minimum Gasteiger partial charge on any atom is -0.485 e. The summed E-state index contributed by atoms with van der Waals surface area (Å²) in [7, 11) is 0. The molecule has 4 nitrogen and oxygen atoms in total. The zero-order valence-corrected chi connectivity index (χ0v) is 30.1. The van der Waals surface area contributed by atoms with E-state index in [1.54, 1.807) is 11.3 Å². The third-order valence-electron chi connectivity index (χ3n) is 9.09. The normalized spacial score (nSPS) is 11.4. The number of hydrogen-bond donors (Lipinski definition) is 0. The van der Waals surface area contributed by atoms with E-state index in [0.717, 1.165) is 48.7 Å². The third kappa shape index (κ3) is 8.06. The van der Waals surface area contributed by atoms with Crippen molar-refractivity contribution in [2.24, 2.45) is 0 Å². The number of hydrogen-bond acceptors (Lipinski definition) is 5. The highest BCUT2D eigenvalue weighted by Gasteiger charge is 2.19. The molecule has 0 aliphatic heterocycles. The fourth-order valence-electron chi connectivity index (χ4n) is 6.20. The molecule has 2 heterocycles. The maximum atomic E-state index is 6.65. The molecule has 0 atom stereocenters. The van der Waals surface area contributed by atoms with E-state index in [-0.39, 0.29) is 0 Å². The Morgan fingerprint density at radius 3 is 1.60 bits per heavy atom. The molecule has 0 amide bonds. The second kappa shape index (κ2) is 15.9. The van der Waals surface area contributed by atoms with E-state index in [0.29, 0.717) is 24.7 Å². The van der Waals surface area contributed by atoms with Crippen LogP contribution in [0.2, 0.25) is 0 Å². The molecule has 0 bridgehead atoms. The van der Waals surface area contributed by atoms with Crippen LogP contribution in [0.15, 0.2) is 176 Å². The molecule has 5 heteroatoms. The van der Waals surface area contributed by atoms with Gasteiger partial charge in [0.1, 0.15) is 19.0 Å². The molecular formula is C48H37NO3S. The Kier molecular flexibility index (Phi) is 10.1. The molecule has 0 radical (unpaired) electrons. The van der Waals surface area contributed by atoms with Crippen LogP contribution < -0.4 is 14.2 Å². The number of nitrogens with zero attached hydrogens (tertiary/aromatic N) is 1. The molecule has 2 aromatic heterocycles. The average Bonchev–Trinajstić information content (AvgIpc) is 3.55. The lowest BCUT2D eigenvalue weighted by atomic mass is 10.0. The van der Waals surface area contributed by atoms with Gasteiger partial charge in [-0.3, -0.25) is 4.98 Å². The van der Waals surface area contributed by atoms with Crippen molar-refractivity contribution in [3.63, 3.8) is 0 Å².